The first-order valence-electron chi connectivity index (χ1n) is 8.61. The minimum absolute atomic E-state index is 0.0869. The number of benzene rings is 2. The molecule has 4 nitrogen and oxygen atoms in total. The maximum absolute atomic E-state index is 9.25. The quantitative estimate of drug-likeness (QED) is 0.857. The van der Waals surface area contributed by atoms with Gasteiger partial charge in [-0.2, -0.15) is 0 Å². The van der Waals surface area contributed by atoms with E-state index in [1.807, 2.05) is 12.1 Å². The summed E-state index contributed by atoms with van der Waals surface area (Å²) >= 11 is 0. The van der Waals surface area contributed by atoms with Crippen molar-refractivity contribution in [1.82, 2.24) is 5.32 Å². The van der Waals surface area contributed by atoms with Gasteiger partial charge in [-0.3, -0.25) is 0 Å². The minimum atomic E-state index is 0.0869. The summed E-state index contributed by atoms with van der Waals surface area (Å²) in [4.78, 5) is 2.36. The highest BCUT2D eigenvalue weighted by Gasteiger charge is 2.11. The van der Waals surface area contributed by atoms with Crippen LogP contribution in [0.2, 0.25) is 0 Å². The number of hydrogen-bond acceptors (Lipinski definition) is 4. The standard InChI is InChI=1S/C20H26N2O2/c1-16(19-4-2-3-18(13-19)15-23)21-14-17-5-7-20(8-6-17)22-9-11-24-12-10-22/h2-8,13,16,21,23H,9-12,14-15H2,1H3. The van der Waals surface area contributed by atoms with Crippen LogP contribution >= 0.6 is 0 Å². The molecule has 0 amide bonds. The van der Waals surface area contributed by atoms with Crippen LogP contribution in [0.15, 0.2) is 48.5 Å². The number of ether oxygens (including phenoxy) is 1. The molecule has 3 rings (SSSR count). The van der Waals surface area contributed by atoms with E-state index in [-0.39, 0.29) is 12.6 Å². The first kappa shape index (κ1) is 17.0. The zero-order valence-corrected chi connectivity index (χ0v) is 14.2. The molecule has 24 heavy (non-hydrogen) atoms. The molecule has 1 unspecified atom stereocenters. The van der Waals surface area contributed by atoms with Crippen LogP contribution in [0.25, 0.3) is 0 Å². The van der Waals surface area contributed by atoms with Gasteiger partial charge < -0.3 is 20.1 Å². The van der Waals surface area contributed by atoms with Crippen molar-refractivity contribution in [3.05, 3.63) is 65.2 Å². The Kier molecular flexibility index (Phi) is 5.86. The molecule has 0 aliphatic carbocycles. The number of aliphatic hydroxyl groups is 1. The van der Waals surface area contributed by atoms with E-state index in [1.165, 1.54) is 16.8 Å². The van der Waals surface area contributed by atoms with Crippen LogP contribution in [0.4, 0.5) is 5.69 Å². The Morgan fingerprint density at radius 1 is 1.08 bits per heavy atom. The maximum atomic E-state index is 9.25. The van der Waals surface area contributed by atoms with Crippen LogP contribution in [0.3, 0.4) is 0 Å². The molecule has 1 heterocycles. The van der Waals surface area contributed by atoms with E-state index in [0.717, 1.165) is 38.4 Å². The van der Waals surface area contributed by atoms with Crippen LogP contribution in [0, 0.1) is 0 Å². The molecule has 2 aromatic rings. The van der Waals surface area contributed by atoms with Crippen LogP contribution in [0.5, 0.6) is 0 Å². The summed E-state index contributed by atoms with van der Waals surface area (Å²) in [5.41, 5.74) is 4.70. The number of aliphatic hydroxyl groups excluding tert-OH is 1. The lowest BCUT2D eigenvalue weighted by Gasteiger charge is -2.29. The van der Waals surface area contributed by atoms with Gasteiger partial charge in [-0.25, -0.2) is 0 Å². The van der Waals surface area contributed by atoms with E-state index in [2.05, 4.69) is 53.5 Å². The summed E-state index contributed by atoms with van der Waals surface area (Å²) in [6.07, 6.45) is 0. The van der Waals surface area contributed by atoms with Crippen LogP contribution in [0.1, 0.15) is 29.7 Å². The monoisotopic (exact) mass is 326 g/mol. The molecular formula is C20H26N2O2. The average molecular weight is 326 g/mol. The first-order valence-corrected chi connectivity index (χ1v) is 8.61. The van der Waals surface area contributed by atoms with E-state index in [4.69, 9.17) is 4.74 Å². The zero-order chi connectivity index (χ0) is 16.8. The summed E-state index contributed by atoms with van der Waals surface area (Å²) < 4.78 is 5.40. The highest BCUT2D eigenvalue weighted by Crippen LogP contribution is 2.18. The van der Waals surface area contributed by atoms with Gasteiger partial charge in [0.25, 0.3) is 0 Å². The fraction of sp³-hybridized carbons (Fsp3) is 0.400. The van der Waals surface area contributed by atoms with Crippen LogP contribution in [-0.2, 0) is 17.9 Å². The Morgan fingerprint density at radius 3 is 2.54 bits per heavy atom. The zero-order valence-electron chi connectivity index (χ0n) is 14.2. The molecule has 2 aromatic carbocycles. The van der Waals surface area contributed by atoms with Gasteiger partial charge >= 0.3 is 0 Å². The third-order valence-electron chi connectivity index (χ3n) is 4.56. The smallest absolute Gasteiger partial charge is 0.0681 e. The summed E-state index contributed by atoms with van der Waals surface area (Å²) in [7, 11) is 0. The second-order valence-corrected chi connectivity index (χ2v) is 6.27. The molecule has 0 bridgehead atoms. The molecule has 1 atom stereocenters. The maximum Gasteiger partial charge on any atom is 0.0681 e. The Morgan fingerprint density at radius 2 is 1.83 bits per heavy atom. The third kappa shape index (κ3) is 4.35. The lowest BCUT2D eigenvalue weighted by atomic mass is 10.0. The van der Waals surface area contributed by atoms with Crippen molar-refractivity contribution >= 4 is 5.69 Å². The van der Waals surface area contributed by atoms with E-state index in [1.54, 1.807) is 0 Å². The normalized spacial score (nSPS) is 16.2. The summed E-state index contributed by atoms with van der Waals surface area (Å²) in [5, 5.41) is 12.8. The SMILES string of the molecule is CC(NCc1ccc(N2CCOCC2)cc1)c1cccc(CO)c1. The van der Waals surface area contributed by atoms with Crippen LogP contribution in [-0.4, -0.2) is 31.4 Å². The van der Waals surface area contributed by atoms with Crippen molar-refractivity contribution in [2.75, 3.05) is 31.2 Å². The van der Waals surface area contributed by atoms with E-state index in [9.17, 15) is 5.11 Å². The largest absolute Gasteiger partial charge is 0.392 e. The molecule has 1 aliphatic rings. The van der Waals surface area contributed by atoms with E-state index < -0.39 is 0 Å². The molecule has 0 spiro atoms. The first-order chi connectivity index (χ1) is 11.8. The third-order valence-corrected chi connectivity index (χ3v) is 4.56. The predicted molar refractivity (Wildman–Crippen MR) is 97.1 cm³/mol. The second kappa shape index (κ2) is 8.29. The molecule has 0 saturated carbocycles. The lowest BCUT2D eigenvalue weighted by molar-refractivity contribution is 0.122. The Hall–Kier alpha value is -1.88. The molecular weight excluding hydrogens is 300 g/mol. The van der Waals surface area contributed by atoms with Gasteiger partial charge in [0.05, 0.1) is 19.8 Å². The lowest BCUT2D eigenvalue weighted by Crippen LogP contribution is -2.36. The summed E-state index contributed by atoms with van der Waals surface area (Å²) in [6, 6.07) is 17.1. The molecule has 128 valence electrons. The number of nitrogens with zero attached hydrogens (tertiary/aromatic N) is 1. The van der Waals surface area contributed by atoms with Gasteiger partial charge in [-0.15, -0.1) is 0 Å². The van der Waals surface area contributed by atoms with Gasteiger partial charge in [-0.1, -0.05) is 36.4 Å². The topological polar surface area (TPSA) is 44.7 Å². The number of rotatable bonds is 6. The van der Waals surface area contributed by atoms with Crippen molar-refractivity contribution < 1.29 is 9.84 Å². The van der Waals surface area contributed by atoms with Crippen molar-refractivity contribution in [2.45, 2.75) is 26.1 Å². The predicted octanol–water partition coefficient (Wildman–Crippen LogP) is 2.87. The molecule has 4 heteroatoms. The van der Waals surface area contributed by atoms with Gasteiger partial charge in [-0.05, 0) is 35.7 Å². The van der Waals surface area contributed by atoms with Gasteiger partial charge in [0.15, 0.2) is 0 Å². The molecule has 0 aromatic heterocycles. The number of morpholine rings is 1. The van der Waals surface area contributed by atoms with E-state index >= 15 is 0 Å². The molecule has 2 N–H and O–H groups in total. The van der Waals surface area contributed by atoms with Crippen molar-refractivity contribution in [1.29, 1.82) is 0 Å². The van der Waals surface area contributed by atoms with Gasteiger partial charge in [0.2, 0.25) is 0 Å². The minimum Gasteiger partial charge on any atom is -0.392 e. The van der Waals surface area contributed by atoms with Crippen molar-refractivity contribution in [3.8, 4) is 0 Å². The summed E-state index contributed by atoms with van der Waals surface area (Å²) in [5.74, 6) is 0. The van der Waals surface area contributed by atoms with Gasteiger partial charge in [0.1, 0.15) is 0 Å². The average Bonchev–Trinajstić information content (AvgIpc) is 2.67. The Balaban J connectivity index is 1.55. The summed E-state index contributed by atoms with van der Waals surface area (Å²) in [6.45, 7) is 6.63. The van der Waals surface area contributed by atoms with Crippen molar-refractivity contribution in [2.24, 2.45) is 0 Å². The molecule has 1 saturated heterocycles. The fourth-order valence-electron chi connectivity index (χ4n) is 3.00. The van der Waals surface area contributed by atoms with E-state index in [0.29, 0.717) is 0 Å². The number of nitrogens with one attached hydrogen (secondary N) is 1. The molecule has 1 aliphatic heterocycles. The van der Waals surface area contributed by atoms with Gasteiger partial charge in [0, 0.05) is 31.4 Å². The molecule has 0 radical (unpaired) electrons. The Labute approximate surface area is 144 Å². The molecule has 1 fully saturated rings. The highest BCUT2D eigenvalue weighted by atomic mass is 16.5. The Bertz CT molecular complexity index is 636. The number of anilines is 1. The second-order valence-electron chi connectivity index (χ2n) is 6.27. The number of hydrogen-bond donors (Lipinski definition) is 2. The van der Waals surface area contributed by atoms with Crippen molar-refractivity contribution in [3.63, 3.8) is 0 Å². The highest BCUT2D eigenvalue weighted by molar-refractivity contribution is 5.47. The van der Waals surface area contributed by atoms with Crippen LogP contribution < -0.4 is 10.2 Å². The fourth-order valence-corrected chi connectivity index (χ4v) is 3.00.